The van der Waals surface area contributed by atoms with Crippen molar-refractivity contribution in [3.63, 3.8) is 0 Å². The Hall–Kier alpha value is -1.33. The maximum atomic E-state index is 5.12. The summed E-state index contributed by atoms with van der Waals surface area (Å²) in [6.45, 7) is 0.759. The van der Waals surface area contributed by atoms with Gasteiger partial charge in [0.2, 0.25) is 0 Å². The van der Waals surface area contributed by atoms with E-state index in [0.717, 1.165) is 18.7 Å². The molecule has 15 heavy (non-hydrogen) atoms. The molecular formula is C10H15N3OS. The van der Waals surface area contributed by atoms with Gasteiger partial charge in [0, 0.05) is 6.54 Å². The molecule has 0 saturated carbocycles. The van der Waals surface area contributed by atoms with E-state index in [2.05, 4.69) is 10.7 Å². The van der Waals surface area contributed by atoms with E-state index >= 15 is 0 Å². The number of hydrogen-bond donors (Lipinski definition) is 3. The van der Waals surface area contributed by atoms with Crippen LogP contribution in [0.1, 0.15) is 5.56 Å². The summed E-state index contributed by atoms with van der Waals surface area (Å²) in [6.07, 6.45) is 0.895. The highest BCUT2D eigenvalue weighted by Gasteiger charge is 1.95. The number of hydrogen-bond acceptors (Lipinski definition) is 3. The quantitative estimate of drug-likeness (QED) is 0.397. The lowest BCUT2D eigenvalue weighted by molar-refractivity contribution is 0.414. The standard InChI is InChI=1S/C10H15N3OS/c1-14-9-4-2-8(3-5-9)6-7-12-10(15)13-11/h2-5H,6-7,11H2,1H3,(H2,12,13,15). The van der Waals surface area contributed by atoms with E-state index in [1.165, 1.54) is 5.56 Å². The molecule has 0 aliphatic carbocycles. The molecule has 0 atom stereocenters. The summed E-state index contributed by atoms with van der Waals surface area (Å²) in [5.41, 5.74) is 3.59. The first-order valence-electron chi connectivity index (χ1n) is 4.63. The van der Waals surface area contributed by atoms with E-state index in [0.29, 0.717) is 5.11 Å². The van der Waals surface area contributed by atoms with E-state index in [9.17, 15) is 0 Å². The second-order valence-corrected chi connectivity index (χ2v) is 3.41. The van der Waals surface area contributed by atoms with Crippen LogP contribution in [0.4, 0.5) is 0 Å². The second kappa shape index (κ2) is 6.21. The summed E-state index contributed by atoms with van der Waals surface area (Å²) in [4.78, 5) is 0. The Balaban J connectivity index is 2.34. The predicted octanol–water partition coefficient (Wildman–Crippen LogP) is 0.575. The number of nitrogens with two attached hydrogens (primary N) is 1. The second-order valence-electron chi connectivity index (χ2n) is 3.00. The molecular weight excluding hydrogens is 210 g/mol. The molecule has 0 heterocycles. The predicted molar refractivity (Wildman–Crippen MR) is 64.6 cm³/mol. The minimum Gasteiger partial charge on any atom is -0.497 e. The monoisotopic (exact) mass is 225 g/mol. The molecule has 0 aliphatic heterocycles. The smallest absolute Gasteiger partial charge is 0.180 e. The van der Waals surface area contributed by atoms with E-state index in [1.807, 2.05) is 24.3 Å². The highest BCUT2D eigenvalue weighted by Crippen LogP contribution is 2.11. The Labute approximate surface area is 94.8 Å². The van der Waals surface area contributed by atoms with Gasteiger partial charge >= 0.3 is 0 Å². The highest BCUT2D eigenvalue weighted by molar-refractivity contribution is 7.80. The number of benzene rings is 1. The fourth-order valence-electron chi connectivity index (χ4n) is 1.16. The Kier molecular flexibility index (Phi) is 4.86. The Morgan fingerprint density at radius 1 is 1.40 bits per heavy atom. The molecule has 82 valence electrons. The third kappa shape index (κ3) is 4.14. The number of rotatable bonds is 4. The third-order valence-corrected chi connectivity index (χ3v) is 2.25. The van der Waals surface area contributed by atoms with Crippen molar-refractivity contribution in [2.45, 2.75) is 6.42 Å². The van der Waals surface area contributed by atoms with Gasteiger partial charge < -0.3 is 15.5 Å². The van der Waals surface area contributed by atoms with Crippen LogP contribution in [0.25, 0.3) is 0 Å². The number of methoxy groups -OCH3 is 1. The first kappa shape index (κ1) is 11.7. The molecule has 1 aromatic rings. The van der Waals surface area contributed by atoms with Crippen LogP contribution in [0.5, 0.6) is 5.75 Å². The Bertz CT molecular complexity index is 313. The highest BCUT2D eigenvalue weighted by atomic mass is 32.1. The number of ether oxygens (including phenoxy) is 1. The molecule has 0 unspecified atom stereocenters. The zero-order valence-corrected chi connectivity index (χ0v) is 9.43. The lowest BCUT2D eigenvalue weighted by atomic mass is 10.1. The van der Waals surface area contributed by atoms with Crippen molar-refractivity contribution in [2.75, 3.05) is 13.7 Å². The van der Waals surface area contributed by atoms with Crippen LogP contribution in [0.3, 0.4) is 0 Å². The van der Waals surface area contributed by atoms with Gasteiger partial charge in [-0.15, -0.1) is 0 Å². The van der Waals surface area contributed by atoms with Crippen LogP contribution >= 0.6 is 12.2 Å². The van der Waals surface area contributed by atoms with Crippen molar-refractivity contribution in [2.24, 2.45) is 5.84 Å². The maximum Gasteiger partial charge on any atom is 0.180 e. The summed E-state index contributed by atoms with van der Waals surface area (Å²) < 4.78 is 5.07. The van der Waals surface area contributed by atoms with E-state index in [4.69, 9.17) is 22.8 Å². The Morgan fingerprint density at radius 2 is 2.07 bits per heavy atom. The zero-order chi connectivity index (χ0) is 11.1. The van der Waals surface area contributed by atoms with Gasteiger partial charge in [-0.05, 0) is 36.3 Å². The van der Waals surface area contributed by atoms with Crippen LogP contribution in [0, 0.1) is 0 Å². The lowest BCUT2D eigenvalue weighted by Crippen LogP contribution is -2.40. The zero-order valence-electron chi connectivity index (χ0n) is 8.62. The summed E-state index contributed by atoms with van der Waals surface area (Å²) in [7, 11) is 1.65. The maximum absolute atomic E-state index is 5.12. The van der Waals surface area contributed by atoms with Gasteiger partial charge in [0.15, 0.2) is 5.11 Å². The van der Waals surface area contributed by atoms with E-state index in [-0.39, 0.29) is 0 Å². The summed E-state index contributed by atoms with van der Waals surface area (Å²) in [5, 5.41) is 3.44. The average Bonchev–Trinajstić information content (AvgIpc) is 2.29. The topological polar surface area (TPSA) is 59.3 Å². The molecule has 0 bridgehead atoms. The molecule has 0 fully saturated rings. The van der Waals surface area contributed by atoms with E-state index in [1.54, 1.807) is 7.11 Å². The number of hydrazine groups is 1. The fraction of sp³-hybridized carbons (Fsp3) is 0.300. The third-order valence-electron chi connectivity index (χ3n) is 1.99. The van der Waals surface area contributed by atoms with Crippen molar-refractivity contribution in [3.05, 3.63) is 29.8 Å². The molecule has 5 heteroatoms. The van der Waals surface area contributed by atoms with Gasteiger partial charge in [0.25, 0.3) is 0 Å². The molecule has 0 aliphatic rings. The summed E-state index contributed by atoms with van der Waals surface area (Å²) >= 11 is 4.84. The van der Waals surface area contributed by atoms with Gasteiger partial charge in [-0.25, -0.2) is 5.84 Å². The van der Waals surface area contributed by atoms with Crippen molar-refractivity contribution < 1.29 is 4.74 Å². The van der Waals surface area contributed by atoms with Crippen molar-refractivity contribution in [1.82, 2.24) is 10.7 Å². The number of thiocarbonyl (C=S) groups is 1. The van der Waals surface area contributed by atoms with Crippen LogP contribution in [-0.4, -0.2) is 18.8 Å². The van der Waals surface area contributed by atoms with Crippen molar-refractivity contribution >= 4 is 17.3 Å². The molecule has 0 saturated heterocycles. The molecule has 1 rings (SSSR count). The number of nitrogens with one attached hydrogen (secondary N) is 2. The SMILES string of the molecule is COc1ccc(CCNC(=S)NN)cc1. The molecule has 0 radical (unpaired) electrons. The minimum atomic E-state index is 0.462. The van der Waals surface area contributed by atoms with Gasteiger partial charge in [0.05, 0.1) is 7.11 Å². The van der Waals surface area contributed by atoms with Gasteiger partial charge in [-0.3, -0.25) is 0 Å². The minimum absolute atomic E-state index is 0.462. The summed E-state index contributed by atoms with van der Waals surface area (Å²) in [6, 6.07) is 7.93. The first-order chi connectivity index (χ1) is 7.26. The van der Waals surface area contributed by atoms with Gasteiger partial charge in [0.1, 0.15) is 5.75 Å². The van der Waals surface area contributed by atoms with Crippen LogP contribution in [-0.2, 0) is 6.42 Å². The average molecular weight is 225 g/mol. The molecule has 4 N–H and O–H groups in total. The van der Waals surface area contributed by atoms with Crippen molar-refractivity contribution in [3.8, 4) is 5.75 Å². The molecule has 1 aromatic carbocycles. The fourth-order valence-corrected chi connectivity index (χ4v) is 1.27. The molecule has 0 aromatic heterocycles. The van der Waals surface area contributed by atoms with E-state index < -0.39 is 0 Å². The lowest BCUT2D eigenvalue weighted by Gasteiger charge is -2.07. The van der Waals surface area contributed by atoms with Gasteiger partial charge in [-0.2, -0.15) is 0 Å². The largest absolute Gasteiger partial charge is 0.497 e. The summed E-state index contributed by atoms with van der Waals surface area (Å²) in [5.74, 6) is 5.99. The van der Waals surface area contributed by atoms with Crippen molar-refractivity contribution in [1.29, 1.82) is 0 Å². The molecule has 0 amide bonds. The van der Waals surface area contributed by atoms with Crippen LogP contribution < -0.4 is 21.3 Å². The molecule has 4 nitrogen and oxygen atoms in total. The van der Waals surface area contributed by atoms with Crippen LogP contribution in [0.2, 0.25) is 0 Å². The Morgan fingerprint density at radius 3 is 2.60 bits per heavy atom. The van der Waals surface area contributed by atoms with Gasteiger partial charge in [-0.1, -0.05) is 12.1 Å². The van der Waals surface area contributed by atoms with Crippen LogP contribution in [0.15, 0.2) is 24.3 Å². The first-order valence-corrected chi connectivity index (χ1v) is 5.04. The molecule has 0 spiro atoms. The normalized spacial score (nSPS) is 9.47.